The van der Waals surface area contributed by atoms with Gasteiger partial charge in [0.1, 0.15) is 0 Å². The molecule has 0 aliphatic carbocycles. The minimum atomic E-state index is -0.167. The molecule has 0 bridgehead atoms. The molecule has 0 heterocycles. The molecule has 0 aromatic heterocycles. The first kappa shape index (κ1) is 59.5. The topological polar surface area (TPSA) is 30.5 Å². The Morgan fingerprint density at radius 2 is 0.233 bits per heavy atom. The van der Waals surface area contributed by atoms with Crippen LogP contribution >= 0.6 is 0 Å². The SMILES string of the molecule is [C-]#[N+]C(C)(C)C.[C-]#[N+]C(C)(C)C.[C-]#[N+]C(C)(C)C.[C-]#[N+]C(C)(C)C.[C-]#[N+]C(C)(C)C.[C-]#[N+]C(C)(C)C.[C-]#[N+]C(C)(C)C.[W+2]. The summed E-state index contributed by atoms with van der Waals surface area (Å²) in [6.07, 6.45) is 0. The van der Waals surface area contributed by atoms with Crippen molar-refractivity contribution in [2.75, 3.05) is 0 Å². The zero-order valence-electron chi connectivity index (χ0n) is 31.5. The molecule has 0 aromatic rings. The van der Waals surface area contributed by atoms with E-state index in [0.717, 1.165) is 0 Å². The summed E-state index contributed by atoms with van der Waals surface area (Å²) in [5, 5.41) is 0. The number of rotatable bonds is 0. The Balaban J connectivity index is -0.0000000552. The summed E-state index contributed by atoms with van der Waals surface area (Å²) < 4.78 is 0. The fraction of sp³-hybridized carbons (Fsp3) is 0.800. The van der Waals surface area contributed by atoms with Gasteiger partial charge >= 0.3 is 21.1 Å². The number of hydrogen-bond donors (Lipinski definition) is 0. The van der Waals surface area contributed by atoms with Crippen LogP contribution in [0.5, 0.6) is 0 Å². The van der Waals surface area contributed by atoms with E-state index >= 15 is 0 Å². The molecule has 43 heavy (non-hydrogen) atoms. The Kier molecular flexibility index (Phi) is 37.0. The maximum Gasteiger partial charge on any atom is 2.00 e. The first-order chi connectivity index (χ1) is 17.9. The van der Waals surface area contributed by atoms with Gasteiger partial charge < -0.3 is 33.9 Å². The fourth-order valence-electron chi connectivity index (χ4n) is 0. The van der Waals surface area contributed by atoms with Gasteiger partial charge in [-0.1, -0.05) is 0 Å². The Morgan fingerprint density at radius 1 is 0.209 bits per heavy atom. The first-order valence-corrected chi connectivity index (χ1v) is 13.6. The average Bonchev–Trinajstić information content (AvgIpc) is 2.78. The van der Waals surface area contributed by atoms with Crippen LogP contribution in [0, 0.1) is 46.0 Å². The summed E-state index contributed by atoms with van der Waals surface area (Å²) in [5.74, 6) is 0. The maximum atomic E-state index is 6.48. The molecule has 0 unspecified atom stereocenters. The van der Waals surface area contributed by atoms with Crippen molar-refractivity contribution in [3.8, 4) is 0 Å². The van der Waals surface area contributed by atoms with E-state index in [1.807, 2.05) is 145 Å². The van der Waals surface area contributed by atoms with Crippen molar-refractivity contribution >= 4 is 0 Å². The van der Waals surface area contributed by atoms with Crippen molar-refractivity contribution in [2.45, 2.75) is 184 Å². The van der Waals surface area contributed by atoms with E-state index in [9.17, 15) is 0 Å². The van der Waals surface area contributed by atoms with E-state index in [4.69, 9.17) is 46.0 Å². The predicted molar refractivity (Wildman–Crippen MR) is 184 cm³/mol. The van der Waals surface area contributed by atoms with Gasteiger partial charge in [-0.25, -0.2) is 46.0 Å². The van der Waals surface area contributed by atoms with Gasteiger partial charge in [0, 0.05) is 145 Å². The molecule has 0 aromatic carbocycles. The molecule has 0 spiro atoms. The van der Waals surface area contributed by atoms with Crippen molar-refractivity contribution in [1.82, 2.24) is 0 Å². The first-order valence-electron chi connectivity index (χ1n) is 13.6. The summed E-state index contributed by atoms with van der Waals surface area (Å²) in [7, 11) is 0. The van der Waals surface area contributed by atoms with E-state index in [-0.39, 0.29) is 59.8 Å². The standard InChI is InChI=1S/7C5H9N.W/c7*1-5(2,3)6-4;/h7*1-3H3;/q;;;;;;;+2. The van der Waals surface area contributed by atoms with Crippen LogP contribution in [0.1, 0.15) is 145 Å². The Labute approximate surface area is 284 Å². The van der Waals surface area contributed by atoms with Crippen LogP contribution in [0.2, 0.25) is 0 Å². The summed E-state index contributed by atoms with van der Waals surface area (Å²) >= 11 is 0. The minimum Gasteiger partial charge on any atom is -0.311 e. The van der Waals surface area contributed by atoms with Gasteiger partial charge in [0.15, 0.2) is 0 Å². The van der Waals surface area contributed by atoms with E-state index in [1.165, 1.54) is 0 Å². The molecule has 0 rings (SSSR count). The Hall–Kier alpha value is -2.88. The normalized spacial score (nSPS) is 10.1. The zero-order chi connectivity index (χ0) is 36.4. The van der Waals surface area contributed by atoms with Crippen LogP contribution in [-0.2, 0) is 21.1 Å². The van der Waals surface area contributed by atoms with Gasteiger partial charge in [-0.3, -0.25) is 0 Å². The van der Waals surface area contributed by atoms with Crippen LogP contribution in [0.15, 0.2) is 0 Å². The van der Waals surface area contributed by atoms with Gasteiger partial charge in [-0.05, 0) is 0 Å². The number of hydrogen-bond acceptors (Lipinski definition) is 0. The molecular weight excluding hydrogens is 702 g/mol. The fourth-order valence-corrected chi connectivity index (χ4v) is 0. The smallest absolute Gasteiger partial charge is 0.311 e. The summed E-state index contributed by atoms with van der Waals surface area (Å²) in [5.41, 5.74) is -1.17. The van der Waals surface area contributed by atoms with Crippen LogP contribution in [-0.4, -0.2) is 38.8 Å². The predicted octanol–water partition coefficient (Wildman–Crippen LogP) is 11.9. The van der Waals surface area contributed by atoms with Gasteiger partial charge in [0.05, 0.1) is 0 Å². The van der Waals surface area contributed by atoms with Gasteiger partial charge in [0.2, 0.25) is 38.8 Å². The van der Waals surface area contributed by atoms with Crippen molar-refractivity contribution in [3.63, 3.8) is 0 Å². The second-order valence-corrected chi connectivity index (χ2v) is 16.0. The molecule has 0 radical (unpaired) electrons. The van der Waals surface area contributed by atoms with Crippen LogP contribution in [0.25, 0.3) is 33.9 Å². The van der Waals surface area contributed by atoms with Crippen molar-refractivity contribution < 1.29 is 21.1 Å². The summed E-state index contributed by atoms with van der Waals surface area (Å²) in [6, 6.07) is 0. The molecule has 0 amide bonds. The number of nitrogens with zero attached hydrogens (tertiary/aromatic N) is 7. The molecule has 0 saturated heterocycles. The minimum absolute atomic E-state index is 0. The molecular formula is C35H63N7W+2. The van der Waals surface area contributed by atoms with Gasteiger partial charge in [0.25, 0.3) is 0 Å². The third kappa shape index (κ3) is 164. The Morgan fingerprint density at radius 3 is 0.233 bits per heavy atom. The third-order valence-corrected chi connectivity index (χ3v) is 2.35. The second-order valence-electron chi connectivity index (χ2n) is 16.0. The molecule has 7 nitrogen and oxygen atoms in total. The Bertz CT molecular complexity index is 739. The van der Waals surface area contributed by atoms with Gasteiger partial charge in [-0.15, -0.1) is 0 Å². The van der Waals surface area contributed by atoms with Gasteiger partial charge in [-0.2, -0.15) is 0 Å². The molecule has 242 valence electrons. The van der Waals surface area contributed by atoms with E-state index in [0.29, 0.717) is 0 Å². The van der Waals surface area contributed by atoms with Crippen molar-refractivity contribution in [2.24, 2.45) is 0 Å². The van der Waals surface area contributed by atoms with Crippen LogP contribution < -0.4 is 0 Å². The maximum absolute atomic E-state index is 6.48. The summed E-state index contributed by atoms with van der Waals surface area (Å²) in [6.45, 7) is 85.0. The second kappa shape index (κ2) is 26.7. The largest absolute Gasteiger partial charge is 2.00 e. The third-order valence-electron chi connectivity index (χ3n) is 2.35. The zero-order valence-corrected chi connectivity index (χ0v) is 34.5. The quantitative estimate of drug-likeness (QED) is 0.220. The molecule has 0 saturated carbocycles. The molecule has 0 aliphatic rings. The van der Waals surface area contributed by atoms with E-state index < -0.39 is 0 Å². The molecule has 0 aliphatic heterocycles. The molecule has 0 N–H and O–H groups in total. The molecule has 0 atom stereocenters. The molecule has 8 heteroatoms. The van der Waals surface area contributed by atoms with Crippen LogP contribution in [0.3, 0.4) is 0 Å². The van der Waals surface area contributed by atoms with E-state index in [1.54, 1.807) is 0 Å². The van der Waals surface area contributed by atoms with E-state index in [2.05, 4.69) is 33.9 Å². The molecule has 0 fully saturated rings. The van der Waals surface area contributed by atoms with Crippen molar-refractivity contribution in [3.05, 3.63) is 79.9 Å². The monoisotopic (exact) mass is 765 g/mol. The van der Waals surface area contributed by atoms with Crippen LogP contribution in [0.4, 0.5) is 0 Å². The average molecular weight is 766 g/mol. The summed E-state index contributed by atoms with van der Waals surface area (Å²) in [4.78, 5) is 22.9. The van der Waals surface area contributed by atoms with Crippen molar-refractivity contribution in [1.29, 1.82) is 0 Å².